The van der Waals surface area contributed by atoms with Gasteiger partial charge in [-0.1, -0.05) is 12.7 Å². The summed E-state index contributed by atoms with van der Waals surface area (Å²) in [4.78, 5) is 41.2. The SMILES string of the molecule is C=C(/C=C\C=C(/C)n1c(=O)n(C2CC2)c(=O)c2c(Nc3ccc(I)cc3F)n(CC)c(=O)c(C)c21)NS(C)(=O)=O. The number of benzene rings is 1. The van der Waals surface area contributed by atoms with Gasteiger partial charge in [-0.25, -0.2) is 17.6 Å². The van der Waals surface area contributed by atoms with Crippen LogP contribution in [0.5, 0.6) is 0 Å². The first-order valence-electron chi connectivity index (χ1n) is 12.4. The normalized spacial score (nSPS) is 14.2. The fraction of sp³-hybridized carbons (Fsp3) is 0.296. The molecule has 0 spiro atoms. The minimum absolute atomic E-state index is 0.0781. The Labute approximate surface area is 243 Å². The lowest BCUT2D eigenvalue weighted by Gasteiger charge is -2.21. The number of nitrogens with zero attached hydrogens (tertiary/aromatic N) is 3. The summed E-state index contributed by atoms with van der Waals surface area (Å²) in [6, 6.07) is 4.26. The summed E-state index contributed by atoms with van der Waals surface area (Å²) in [5, 5.41) is 3.05. The van der Waals surface area contributed by atoms with Gasteiger partial charge in [-0.15, -0.1) is 0 Å². The van der Waals surface area contributed by atoms with Gasteiger partial charge in [0.15, 0.2) is 0 Å². The Morgan fingerprint density at radius 2 is 1.90 bits per heavy atom. The number of anilines is 2. The maximum Gasteiger partial charge on any atom is 0.336 e. The zero-order chi connectivity index (χ0) is 29.5. The first-order valence-corrected chi connectivity index (χ1v) is 15.4. The highest BCUT2D eigenvalue weighted by atomic mass is 127. The third-order valence-corrected chi connectivity index (χ3v) is 7.74. The lowest BCUT2D eigenvalue weighted by atomic mass is 10.1. The zero-order valence-electron chi connectivity index (χ0n) is 22.4. The lowest BCUT2D eigenvalue weighted by molar-refractivity contribution is 0.595. The summed E-state index contributed by atoms with van der Waals surface area (Å²) in [5.41, 5.74) is -0.739. The van der Waals surface area contributed by atoms with E-state index in [0.717, 1.165) is 6.26 Å². The number of hydrogen-bond acceptors (Lipinski definition) is 6. The van der Waals surface area contributed by atoms with Crippen LogP contribution in [0.3, 0.4) is 0 Å². The van der Waals surface area contributed by atoms with Gasteiger partial charge in [0.05, 0.1) is 17.5 Å². The van der Waals surface area contributed by atoms with Crippen molar-refractivity contribution in [1.29, 1.82) is 0 Å². The van der Waals surface area contributed by atoms with Crippen LogP contribution in [0.15, 0.2) is 63.1 Å². The molecule has 2 N–H and O–H groups in total. The van der Waals surface area contributed by atoms with E-state index in [9.17, 15) is 27.2 Å². The second-order valence-corrected chi connectivity index (χ2v) is 12.6. The maximum absolute atomic E-state index is 14.9. The second kappa shape index (κ2) is 11.2. The molecular formula is C27H29FIN5O5S. The largest absolute Gasteiger partial charge is 0.338 e. The van der Waals surface area contributed by atoms with Crippen molar-refractivity contribution in [3.8, 4) is 0 Å². The van der Waals surface area contributed by atoms with E-state index in [1.165, 1.54) is 38.0 Å². The quantitative estimate of drug-likeness (QED) is 0.261. The molecule has 2 heterocycles. The number of rotatable bonds is 9. The van der Waals surface area contributed by atoms with Crippen LogP contribution < -0.4 is 26.8 Å². The number of allylic oxidation sites excluding steroid dienone is 4. The van der Waals surface area contributed by atoms with E-state index in [-0.39, 0.29) is 46.3 Å². The van der Waals surface area contributed by atoms with Gasteiger partial charge in [-0.05, 0) is 86.6 Å². The number of aromatic nitrogens is 3. The lowest BCUT2D eigenvalue weighted by Crippen LogP contribution is -2.41. The van der Waals surface area contributed by atoms with Crippen LogP contribution in [-0.2, 0) is 16.6 Å². The van der Waals surface area contributed by atoms with E-state index in [4.69, 9.17) is 0 Å². The van der Waals surface area contributed by atoms with Gasteiger partial charge in [0.1, 0.15) is 17.0 Å². The molecule has 4 rings (SSSR count). The minimum atomic E-state index is -3.51. The van der Waals surface area contributed by atoms with Gasteiger partial charge in [0.25, 0.3) is 11.1 Å². The number of aryl methyl sites for hydroxylation is 1. The van der Waals surface area contributed by atoms with Crippen molar-refractivity contribution in [3.63, 3.8) is 0 Å². The van der Waals surface area contributed by atoms with Crippen LogP contribution in [0.1, 0.15) is 38.3 Å². The molecule has 0 radical (unpaired) electrons. The van der Waals surface area contributed by atoms with Crippen molar-refractivity contribution in [2.24, 2.45) is 0 Å². The Hall–Kier alpha value is -3.46. The molecule has 40 heavy (non-hydrogen) atoms. The van der Waals surface area contributed by atoms with Crippen molar-refractivity contribution < 1.29 is 12.8 Å². The highest BCUT2D eigenvalue weighted by molar-refractivity contribution is 14.1. The van der Waals surface area contributed by atoms with E-state index in [1.54, 1.807) is 32.9 Å². The molecule has 212 valence electrons. The maximum atomic E-state index is 14.9. The molecule has 3 aromatic rings. The molecule has 1 aromatic carbocycles. The molecule has 1 aliphatic rings. The highest BCUT2D eigenvalue weighted by Gasteiger charge is 2.31. The Morgan fingerprint density at radius 3 is 2.48 bits per heavy atom. The van der Waals surface area contributed by atoms with Gasteiger partial charge >= 0.3 is 5.69 Å². The number of nitrogens with one attached hydrogen (secondary N) is 2. The topological polar surface area (TPSA) is 124 Å². The van der Waals surface area contributed by atoms with Crippen molar-refractivity contribution in [2.45, 2.75) is 46.2 Å². The Morgan fingerprint density at radius 1 is 1.23 bits per heavy atom. The number of sulfonamides is 1. The Balaban J connectivity index is 2.04. The van der Waals surface area contributed by atoms with Gasteiger partial charge in [-0.2, -0.15) is 0 Å². The fourth-order valence-electron chi connectivity index (χ4n) is 4.51. The van der Waals surface area contributed by atoms with E-state index < -0.39 is 32.6 Å². The van der Waals surface area contributed by atoms with Crippen molar-refractivity contribution in [3.05, 3.63) is 94.8 Å². The van der Waals surface area contributed by atoms with Crippen LogP contribution in [0.4, 0.5) is 15.9 Å². The van der Waals surface area contributed by atoms with Gasteiger partial charge in [0.2, 0.25) is 10.0 Å². The molecule has 1 fully saturated rings. The van der Waals surface area contributed by atoms with E-state index in [2.05, 4.69) is 16.6 Å². The van der Waals surface area contributed by atoms with Crippen molar-refractivity contribution in [2.75, 3.05) is 11.6 Å². The summed E-state index contributed by atoms with van der Waals surface area (Å²) in [6.07, 6.45) is 6.78. The smallest absolute Gasteiger partial charge is 0.336 e. The molecule has 2 aromatic heterocycles. The molecule has 0 bridgehead atoms. The minimum Gasteiger partial charge on any atom is -0.338 e. The average molecular weight is 682 g/mol. The van der Waals surface area contributed by atoms with Gasteiger partial charge in [-0.3, -0.25) is 28.0 Å². The third kappa shape index (κ3) is 5.84. The highest BCUT2D eigenvalue weighted by Crippen LogP contribution is 2.34. The van der Waals surface area contributed by atoms with E-state index >= 15 is 0 Å². The van der Waals surface area contributed by atoms with Crippen LogP contribution in [0.25, 0.3) is 16.6 Å². The van der Waals surface area contributed by atoms with Crippen LogP contribution in [0, 0.1) is 16.3 Å². The average Bonchev–Trinajstić information content (AvgIpc) is 3.68. The van der Waals surface area contributed by atoms with Crippen LogP contribution in [0.2, 0.25) is 0 Å². The summed E-state index contributed by atoms with van der Waals surface area (Å²) >= 11 is 1.99. The molecular weight excluding hydrogens is 652 g/mol. The van der Waals surface area contributed by atoms with E-state index in [0.29, 0.717) is 22.1 Å². The van der Waals surface area contributed by atoms with Crippen LogP contribution >= 0.6 is 22.6 Å². The summed E-state index contributed by atoms with van der Waals surface area (Å²) in [7, 11) is -3.51. The Bertz CT molecular complexity index is 1900. The number of pyridine rings is 1. The predicted molar refractivity (Wildman–Crippen MR) is 164 cm³/mol. The first kappa shape index (κ1) is 29.5. The Kier molecular flexibility index (Phi) is 8.26. The molecule has 0 aliphatic heterocycles. The molecule has 0 amide bonds. The number of halogens is 2. The van der Waals surface area contributed by atoms with Crippen LogP contribution in [-0.4, -0.2) is 28.4 Å². The second-order valence-electron chi connectivity index (χ2n) is 9.59. The number of hydrogen-bond donors (Lipinski definition) is 2. The molecule has 1 saturated carbocycles. The van der Waals surface area contributed by atoms with Crippen molar-refractivity contribution in [1.82, 2.24) is 18.4 Å². The number of fused-ring (bicyclic) bond motifs is 1. The molecule has 0 atom stereocenters. The fourth-order valence-corrected chi connectivity index (χ4v) is 5.51. The third-order valence-electron chi connectivity index (χ3n) is 6.43. The standard InChI is InChI=1S/C27H29FIN5O5S/c1-6-32-24(30-21-13-10-18(29)14-20(21)28)22-23(17(4)25(32)35)33(27(37)34(26(22)36)19-11-12-19)16(3)9-7-8-15(2)31-40(5,38)39/h7-10,13-14,19,30-31H,2,6,11-12H2,1,3-5H3/b8-7-,16-9+. The summed E-state index contributed by atoms with van der Waals surface area (Å²) in [5.74, 6) is -0.467. The zero-order valence-corrected chi connectivity index (χ0v) is 25.4. The molecule has 0 unspecified atom stereocenters. The predicted octanol–water partition coefficient (Wildman–Crippen LogP) is 3.96. The molecule has 1 aliphatic carbocycles. The summed E-state index contributed by atoms with van der Waals surface area (Å²) < 4.78 is 44.6. The molecule has 0 saturated heterocycles. The molecule has 13 heteroatoms. The first-order chi connectivity index (χ1) is 18.7. The summed E-state index contributed by atoms with van der Waals surface area (Å²) in [6.45, 7) is 8.75. The van der Waals surface area contributed by atoms with E-state index in [1.807, 2.05) is 22.6 Å². The molecule has 10 nitrogen and oxygen atoms in total. The van der Waals surface area contributed by atoms with Crippen molar-refractivity contribution >= 4 is 60.7 Å². The monoisotopic (exact) mass is 681 g/mol. The van der Waals surface area contributed by atoms with Gasteiger partial charge < -0.3 is 5.32 Å². The van der Waals surface area contributed by atoms with Gasteiger partial charge in [0, 0.05) is 33.1 Å².